The second kappa shape index (κ2) is 9.04. The third-order valence-corrected chi connectivity index (χ3v) is 6.46. The van der Waals surface area contributed by atoms with Gasteiger partial charge in [0.05, 0.1) is 7.11 Å². The monoisotopic (exact) mass is 419 g/mol. The van der Waals surface area contributed by atoms with Crippen molar-refractivity contribution in [2.75, 3.05) is 25.1 Å². The molecule has 1 aromatic heterocycles. The first-order valence-corrected chi connectivity index (χ1v) is 11.2. The van der Waals surface area contributed by atoms with Crippen molar-refractivity contribution in [3.63, 3.8) is 0 Å². The van der Waals surface area contributed by atoms with Crippen LogP contribution in [0.25, 0.3) is 10.9 Å². The lowest BCUT2D eigenvalue weighted by Crippen LogP contribution is -2.34. The summed E-state index contributed by atoms with van der Waals surface area (Å²) in [6.45, 7) is 6.57. The van der Waals surface area contributed by atoms with Crippen molar-refractivity contribution < 1.29 is 9.53 Å². The number of rotatable bonds is 6. The van der Waals surface area contributed by atoms with Crippen LogP contribution >= 0.6 is 0 Å². The van der Waals surface area contributed by atoms with Crippen LogP contribution in [0.4, 0.5) is 5.69 Å². The molecule has 1 N–H and O–H groups in total. The zero-order valence-electron chi connectivity index (χ0n) is 19.0. The maximum atomic E-state index is 12.8. The van der Waals surface area contributed by atoms with Gasteiger partial charge in [0.1, 0.15) is 5.75 Å². The fraction of sp³-hybridized carbons (Fsp3) is 0.423. The number of nitrogens with one attached hydrogen (secondary N) is 1. The number of carbonyl (C=O) groups is 1. The van der Waals surface area contributed by atoms with E-state index in [1.54, 1.807) is 7.11 Å². The lowest BCUT2D eigenvalue weighted by molar-refractivity contribution is 0.0940. The lowest BCUT2D eigenvalue weighted by atomic mass is 9.98. The zero-order chi connectivity index (χ0) is 22.0. The Bertz CT molecular complexity index is 1050. The number of carbonyl (C=O) groups excluding carboxylic acids is 1. The van der Waals surface area contributed by atoms with Gasteiger partial charge in [-0.25, -0.2) is 0 Å². The predicted octanol–water partition coefficient (Wildman–Crippen LogP) is 4.78. The quantitative estimate of drug-likeness (QED) is 0.625. The van der Waals surface area contributed by atoms with Crippen LogP contribution in [0.2, 0.25) is 0 Å². The Morgan fingerprint density at radius 2 is 1.87 bits per heavy atom. The van der Waals surface area contributed by atoms with E-state index < -0.39 is 0 Å². The van der Waals surface area contributed by atoms with Gasteiger partial charge < -0.3 is 19.5 Å². The molecule has 1 aliphatic heterocycles. The van der Waals surface area contributed by atoms with Crippen molar-refractivity contribution in [3.05, 3.63) is 59.8 Å². The predicted molar refractivity (Wildman–Crippen MR) is 127 cm³/mol. The average molecular weight is 420 g/mol. The molecule has 1 saturated heterocycles. The molecule has 0 saturated carbocycles. The summed E-state index contributed by atoms with van der Waals surface area (Å²) in [5.41, 5.74) is 4.29. The second-order valence-corrected chi connectivity index (χ2v) is 8.94. The third kappa shape index (κ3) is 4.71. The Morgan fingerprint density at radius 3 is 2.55 bits per heavy atom. The van der Waals surface area contributed by atoms with Crippen LogP contribution in [0.15, 0.2) is 48.7 Å². The molecule has 1 atom stereocenters. The van der Waals surface area contributed by atoms with E-state index in [0.717, 1.165) is 36.7 Å². The molecule has 31 heavy (non-hydrogen) atoms. The number of methoxy groups -OCH3 is 1. The van der Waals surface area contributed by atoms with Crippen molar-refractivity contribution in [3.8, 4) is 5.75 Å². The Kier molecular flexibility index (Phi) is 6.21. The molecular formula is C26H33N3O2. The van der Waals surface area contributed by atoms with Gasteiger partial charge in [-0.1, -0.05) is 6.92 Å². The normalized spacial score (nSPS) is 15.8. The number of amides is 1. The molecule has 0 radical (unpaired) electrons. The molecule has 0 aliphatic carbocycles. The topological polar surface area (TPSA) is 46.5 Å². The van der Waals surface area contributed by atoms with Crippen LogP contribution in [0.5, 0.6) is 5.75 Å². The molecule has 0 unspecified atom stereocenters. The summed E-state index contributed by atoms with van der Waals surface area (Å²) in [4.78, 5) is 15.2. The molecule has 0 spiro atoms. The highest BCUT2D eigenvalue weighted by molar-refractivity contribution is 5.94. The largest absolute Gasteiger partial charge is 0.497 e. The van der Waals surface area contributed by atoms with Crippen molar-refractivity contribution >= 4 is 22.5 Å². The van der Waals surface area contributed by atoms with Gasteiger partial charge in [0, 0.05) is 54.5 Å². The number of nitrogens with zero attached hydrogens (tertiary/aromatic N) is 2. The molecule has 2 aromatic carbocycles. The van der Waals surface area contributed by atoms with E-state index >= 15 is 0 Å². The number of aromatic nitrogens is 1. The van der Waals surface area contributed by atoms with Gasteiger partial charge in [-0.3, -0.25) is 4.79 Å². The molecule has 4 rings (SSSR count). The Morgan fingerprint density at radius 1 is 1.16 bits per heavy atom. The summed E-state index contributed by atoms with van der Waals surface area (Å²) < 4.78 is 7.51. The van der Waals surface area contributed by atoms with Gasteiger partial charge in [0.25, 0.3) is 5.91 Å². The van der Waals surface area contributed by atoms with Crippen LogP contribution < -0.4 is 15.0 Å². The Balaban J connectivity index is 1.40. The highest BCUT2D eigenvalue weighted by Crippen LogP contribution is 2.27. The molecule has 2 heterocycles. The SMILES string of the molecule is COc1ccc2c(c1)c(C[C@@H](C)NC(=O)c1ccc(N3CCC(C)CC3)cc1)cn2C. The summed E-state index contributed by atoms with van der Waals surface area (Å²) in [5.74, 6) is 1.63. The maximum absolute atomic E-state index is 12.8. The van der Waals surface area contributed by atoms with E-state index in [1.165, 1.54) is 29.5 Å². The third-order valence-electron chi connectivity index (χ3n) is 6.46. The number of ether oxygens (including phenoxy) is 1. The van der Waals surface area contributed by atoms with E-state index in [2.05, 4.69) is 59.1 Å². The summed E-state index contributed by atoms with van der Waals surface area (Å²) in [5, 5.41) is 4.33. The number of fused-ring (bicyclic) bond motifs is 1. The number of hydrogen-bond acceptors (Lipinski definition) is 3. The summed E-state index contributed by atoms with van der Waals surface area (Å²) in [6.07, 6.45) is 5.38. The smallest absolute Gasteiger partial charge is 0.251 e. The first kappa shape index (κ1) is 21.3. The van der Waals surface area contributed by atoms with Crippen LogP contribution in [0.3, 0.4) is 0 Å². The molecule has 1 amide bonds. The van der Waals surface area contributed by atoms with Gasteiger partial charge in [-0.15, -0.1) is 0 Å². The minimum Gasteiger partial charge on any atom is -0.497 e. The number of piperidine rings is 1. The van der Waals surface area contributed by atoms with Crippen molar-refractivity contribution in [1.29, 1.82) is 0 Å². The number of aryl methyl sites for hydroxylation is 1. The van der Waals surface area contributed by atoms with Gasteiger partial charge in [-0.05, 0) is 80.1 Å². The second-order valence-electron chi connectivity index (χ2n) is 8.94. The summed E-state index contributed by atoms with van der Waals surface area (Å²) in [6, 6.07) is 14.2. The van der Waals surface area contributed by atoms with Crippen molar-refractivity contribution in [2.45, 2.75) is 39.2 Å². The van der Waals surface area contributed by atoms with Gasteiger partial charge in [0.15, 0.2) is 0 Å². The van der Waals surface area contributed by atoms with E-state index in [-0.39, 0.29) is 11.9 Å². The molecule has 5 nitrogen and oxygen atoms in total. The van der Waals surface area contributed by atoms with E-state index in [0.29, 0.717) is 5.56 Å². The lowest BCUT2D eigenvalue weighted by Gasteiger charge is -2.32. The standard InChI is InChI=1S/C26H33N3O2/c1-18-11-13-29(14-12-18)22-7-5-20(6-8-22)26(30)27-19(2)15-21-17-28(3)25-10-9-23(31-4)16-24(21)25/h5-10,16-19H,11-15H2,1-4H3,(H,27,30)/t19-/m1/s1. The number of anilines is 1. The first-order chi connectivity index (χ1) is 14.9. The molecule has 164 valence electrons. The van der Waals surface area contributed by atoms with Gasteiger partial charge >= 0.3 is 0 Å². The highest BCUT2D eigenvalue weighted by Gasteiger charge is 2.17. The average Bonchev–Trinajstić information content (AvgIpc) is 3.08. The molecule has 0 bridgehead atoms. The number of benzene rings is 2. The minimum atomic E-state index is -0.0240. The van der Waals surface area contributed by atoms with Crippen LogP contribution in [0, 0.1) is 5.92 Å². The molecular weight excluding hydrogens is 386 g/mol. The number of hydrogen-bond donors (Lipinski definition) is 1. The molecule has 1 aliphatic rings. The Hall–Kier alpha value is -2.95. The fourth-order valence-corrected chi connectivity index (χ4v) is 4.52. The van der Waals surface area contributed by atoms with Crippen LogP contribution in [-0.2, 0) is 13.5 Å². The van der Waals surface area contributed by atoms with E-state index in [4.69, 9.17) is 4.74 Å². The maximum Gasteiger partial charge on any atom is 0.251 e. The Labute approximate surface area is 185 Å². The summed E-state index contributed by atoms with van der Waals surface area (Å²) in [7, 11) is 3.73. The first-order valence-electron chi connectivity index (χ1n) is 11.2. The zero-order valence-corrected chi connectivity index (χ0v) is 19.0. The molecule has 5 heteroatoms. The fourth-order valence-electron chi connectivity index (χ4n) is 4.52. The van der Waals surface area contributed by atoms with Gasteiger partial charge in [-0.2, -0.15) is 0 Å². The molecule has 1 fully saturated rings. The molecule has 3 aromatic rings. The van der Waals surface area contributed by atoms with E-state index in [9.17, 15) is 4.79 Å². The van der Waals surface area contributed by atoms with Crippen molar-refractivity contribution in [1.82, 2.24) is 9.88 Å². The minimum absolute atomic E-state index is 0.0209. The van der Waals surface area contributed by atoms with Crippen LogP contribution in [-0.4, -0.2) is 36.7 Å². The highest BCUT2D eigenvalue weighted by atomic mass is 16.5. The van der Waals surface area contributed by atoms with Crippen LogP contribution in [0.1, 0.15) is 42.6 Å². The van der Waals surface area contributed by atoms with Crippen molar-refractivity contribution in [2.24, 2.45) is 13.0 Å². The van der Waals surface area contributed by atoms with Gasteiger partial charge in [0.2, 0.25) is 0 Å². The van der Waals surface area contributed by atoms with E-state index in [1.807, 2.05) is 25.2 Å². The summed E-state index contributed by atoms with van der Waals surface area (Å²) >= 11 is 0.